The van der Waals surface area contributed by atoms with Crippen molar-refractivity contribution < 1.29 is 22.9 Å². The standard InChI is InChI=1S/C38H75NO5S/c1-3-5-7-9-11-13-15-16-17-18-19-20-21-22-23-24-25-27-29-31-33-37(40)36(35-45(42,43)44)39-38(41)34-32-30-28-26-14-12-10-8-6-4-2/h31,33,36-37,40H,3-30,32,34-35H2,1-2H3,(H,39,41)(H,42,43,44)/b33-31+. The molecule has 3 N–H and O–H groups in total. The maximum atomic E-state index is 12.4. The van der Waals surface area contributed by atoms with Gasteiger partial charge in [0.15, 0.2) is 0 Å². The summed E-state index contributed by atoms with van der Waals surface area (Å²) in [6.07, 6.45) is 39.2. The minimum Gasteiger partial charge on any atom is -0.387 e. The second-order valence-corrected chi connectivity index (χ2v) is 15.1. The van der Waals surface area contributed by atoms with Crippen LogP contribution in [0.1, 0.15) is 206 Å². The molecule has 0 aromatic rings. The third kappa shape index (κ3) is 34.2. The highest BCUT2D eigenvalue weighted by Gasteiger charge is 2.24. The molecule has 0 aliphatic carbocycles. The van der Waals surface area contributed by atoms with Gasteiger partial charge in [0.05, 0.1) is 17.9 Å². The summed E-state index contributed by atoms with van der Waals surface area (Å²) in [5.41, 5.74) is 0. The van der Waals surface area contributed by atoms with Gasteiger partial charge < -0.3 is 10.4 Å². The van der Waals surface area contributed by atoms with Gasteiger partial charge in [0.1, 0.15) is 0 Å². The number of carbonyl (C=O) groups excluding carboxylic acids is 1. The number of allylic oxidation sites excluding steroid dienone is 1. The average molecular weight is 658 g/mol. The molecule has 0 bridgehead atoms. The van der Waals surface area contributed by atoms with E-state index in [1.807, 2.05) is 6.08 Å². The van der Waals surface area contributed by atoms with Gasteiger partial charge in [-0.3, -0.25) is 9.35 Å². The molecule has 268 valence electrons. The molecular weight excluding hydrogens is 582 g/mol. The maximum Gasteiger partial charge on any atom is 0.267 e. The number of carbonyl (C=O) groups is 1. The van der Waals surface area contributed by atoms with E-state index in [1.165, 1.54) is 148 Å². The molecule has 1 amide bonds. The molecular formula is C38H75NO5S. The summed E-state index contributed by atoms with van der Waals surface area (Å²) < 4.78 is 32.3. The quantitative estimate of drug-likeness (QED) is 0.0357. The van der Waals surface area contributed by atoms with Gasteiger partial charge in [-0.1, -0.05) is 193 Å². The minimum absolute atomic E-state index is 0.279. The highest BCUT2D eigenvalue weighted by molar-refractivity contribution is 7.85. The van der Waals surface area contributed by atoms with Crippen LogP contribution in [0.2, 0.25) is 0 Å². The van der Waals surface area contributed by atoms with E-state index >= 15 is 0 Å². The van der Waals surface area contributed by atoms with Crippen molar-refractivity contribution in [3.05, 3.63) is 12.2 Å². The first-order chi connectivity index (χ1) is 21.8. The zero-order valence-electron chi connectivity index (χ0n) is 29.8. The number of amides is 1. The van der Waals surface area contributed by atoms with Crippen LogP contribution in [0.4, 0.5) is 0 Å². The molecule has 0 saturated carbocycles. The van der Waals surface area contributed by atoms with Gasteiger partial charge in [-0.05, 0) is 19.3 Å². The van der Waals surface area contributed by atoms with Gasteiger partial charge in [-0.15, -0.1) is 0 Å². The highest BCUT2D eigenvalue weighted by Crippen LogP contribution is 2.15. The Morgan fingerprint density at radius 1 is 0.578 bits per heavy atom. The van der Waals surface area contributed by atoms with Crippen LogP contribution in [-0.4, -0.2) is 41.9 Å². The normalized spacial score (nSPS) is 13.4. The Labute approximate surface area is 280 Å². The van der Waals surface area contributed by atoms with Crippen LogP contribution in [0.15, 0.2) is 12.2 Å². The first-order valence-corrected chi connectivity index (χ1v) is 21.0. The zero-order chi connectivity index (χ0) is 33.3. The largest absolute Gasteiger partial charge is 0.387 e. The Hall–Kier alpha value is -0.920. The van der Waals surface area contributed by atoms with Crippen LogP contribution < -0.4 is 5.32 Å². The van der Waals surface area contributed by atoms with Crippen molar-refractivity contribution in [1.29, 1.82) is 0 Å². The van der Waals surface area contributed by atoms with Gasteiger partial charge in [-0.25, -0.2) is 0 Å². The van der Waals surface area contributed by atoms with Crippen LogP contribution in [-0.2, 0) is 14.9 Å². The van der Waals surface area contributed by atoms with E-state index in [-0.39, 0.29) is 5.91 Å². The van der Waals surface area contributed by atoms with Gasteiger partial charge in [0, 0.05) is 6.42 Å². The van der Waals surface area contributed by atoms with E-state index in [4.69, 9.17) is 0 Å². The van der Waals surface area contributed by atoms with Gasteiger partial charge >= 0.3 is 0 Å². The maximum absolute atomic E-state index is 12.4. The van der Waals surface area contributed by atoms with Crippen molar-refractivity contribution in [1.82, 2.24) is 5.32 Å². The Kier molecular flexibility index (Phi) is 32.3. The predicted molar refractivity (Wildman–Crippen MR) is 193 cm³/mol. The average Bonchev–Trinajstić information content (AvgIpc) is 3.00. The van der Waals surface area contributed by atoms with Crippen molar-refractivity contribution in [2.75, 3.05) is 5.75 Å². The van der Waals surface area contributed by atoms with Crippen LogP contribution in [0, 0.1) is 0 Å². The monoisotopic (exact) mass is 658 g/mol. The molecule has 0 heterocycles. The van der Waals surface area contributed by atoms with Crippen molar-refractivity contribution >= 4 is 16.0 Å². The van der Waals surface area contributed by atoms with Crippen molar-refractivity contribution in [2.45, 2.75) is 219 Å². The van der Waals surface area contributed by atoms with Gasteiger partial charge in [-0.2, -0.15) is 8.42 Å². The Morgan fingerprint density at radius 3 is 1.27 bits per heavy atom. The minimum atomic E-state index is -4.33. The summed E-state index contributed by atoms with van der Waals surface area (Å²) in [5, 5.41) is 13.2. The SMILES string of the molecule is CCCCCCCCCCCCCCCCCCCC/C=C/C(O)C(CS(=O)(=O)O)NC(=O)CCCCCCCCCCCC. The molecule has 45 heavy (non-hydrogen) atoms. The highest BCUT2D eigenvalue weighted by atomic mass is 32.2. The van der Waals surface area contributed by atoms with Crippen LogP contribution in [0.25, 0.3) is 0 Å². The molecule has 0 rings (SSSR count). The number of unbranched alkanes of at least 4 members (excludes halogenated alkanes) is 27. The molecule has 0 saturated heterocycles. The molecule has 0 fully saturated rings. The number of hydrogen-bond acceptors (Lipinski definition) is 4. The summed E-state index contributed by atoms with van der Waals surface area (Å²) in [5.74, 6) is -0.972. The third-order valence-corrected chi connectivity index (χ3v) is 9.74. The molecule has 2 unspecified atom stereocenters. The first kappa shape index (κ1) is 44.1. The van der Waals surface area contributed by atoms with Crippen molar-refractivity contribution in [3.8, 4) is 0 Å². The number of rotatable bonds is 35. The lowest BCUT2D eigenvalue weighted by molar-refractivity contribution is -0.122. The summed E-state index contributed by atoms with van der Waals surface area (Å²) in [7, 11) is -4.33. The van der Waals surface area contributed by atoms with E-state index in [0.29, 0.717) is 6.42 Å². The van der Waals surface area contributed by atoms with Gasteiger partial charge in [0.2, 0.25) is 5.91 Å². The molecule has 6 nitrogen and oxygen atoms in total. The number of hydrogen-bond donors (Lipinski definition) is 3. The Bertz CT molecular complexity index is 770. The van der Waals surface area contributed by atoms with E-state index in [2.05, 4.69) is 19.2 Å². The third-order valence-electron chi connectivity index (χ3n) is 8.96. The lowest BCUT2D eigenvalue weighted by Gasteiger charge is -2.21. The smallest absolute Gasteiger partial charge is 0.267 e. The summed E-state index contributed by atoms with van der Waals surface area (Å²) in [6.45, 7) is 4.50. The molecule has 0 aromatic carbocycles. The van der Waals surface area contributed by atoms with Crippen molar-refractivity contribution in [3.63, 3.8) is 0 Å². The van der Waals surface area contributed by atoms with Crippen LogP contribution >= 0.6 is 0 Å². The lowest BCUT2D eigenvalue weighted by atomic mass is 10.0. The topological polar surface area (TPSA) is 104 Å². The number of aliphatic hydroxyl groups is 1. The molecule has 0 aliphatic rings. The molecule has 2 atom stereocenters. The number of nitrogens with one attached hydrogen (secondary N) is 1. The second kappa shape index (κ2) is 33.0. The summed E-state index contributed by atoms with van der Waals surface area (Å²) >= 11 is 0. The lowest BCUT2D eigenvalue weighted by Crippen LogP contribution is -2.46. The molecule has 7 heteroatoms. The fraction of sp³-hybridized carbons (Fsp3) is 0.921. The van der Waals surface area contributed by atoms with E-state index in [0.717, 1.165) is 38.5 Å². The van der Waals surface area contributed by atoms with Gasteiger partial charge in [0.25, 0.3) is 10.1 Å². The second-order valence-electron chi connectivity index (χ2n) is 13.6. The number of aliphatic hydroxyl groups excluding tert-OH is 1. The Balaban J connectivity index is 3.87. The molecule has 0 aliphatic heterocycles. The molecule has 0 aromatic heterocycles. The van der Waals surface area contributed by atoms with E-state index in [1.54, 1.807) is 6.08 Å². The van der Waals surface area contributed by atoms with Crippen LogP contribution in [0.3, 0.4) is 0 Å². The van der Waals surface area contributed by atoms with E-state index < -0.39 is 28.0 Å². The fourth-order valence-corrected chi connectivity index (χ4v) is 6.77. The predicted octanol–water partition coefficient (Wildman–Crippen LogP) is 11.0. The zero-order valence-corrected chi connectivity index (χ0v) is 30.6. The van der Waals surface area contributed by atoms with Crippen molar-refractivity contribution in [2.24, 2.45) is 0 Å². The first-order valence-electron chi connectivity index (χ1n) is 19.4. The fourth-order valence-electron chi connectivity index (χ4n) is 6.04. The molecule has 0 radical (unpaired) electrons. The summed E-state index contributed by atoms with van der Waals surface area (Å²) in [4.78, 5) is 12.4. The van der Waals surface area contributed by atoms with Crippen LogP contribution in [0.5, 0.6) is 0 Å². The Morgan fingerprint density at radius 2 is 0.911 bits per heavy atom. The molecule has 0 spiro atoms. The van der Waals surface area contributed by atoms with E-state index in [9.17, 15) is 22.9 Å². The summed E-state index contributed by atoms with van der Waals surface area (Å²) in [6, 6.07) is -1.05.